The predicted octanol–water partition coefficient (Wildman–Crippen LogP) is 1.43. The number of nitrogens with zero attached hydrogens (tertiary/aromatic N) is 2. The highest BCUT2D eigenvalue weighted by molar-refractivity contribution is 6.32. The molecule has 110 valence electrons. The Morgan fingerprint density at radius 1 is 1.57 bits per heavy atom. The minimum atomic E-state index is -0.999. The van der Waals surface area contributed by atoms with Crippen LogP contribution in [0.5, 0.6) is 0 Å². The number of nitro benzene ring substituents is 1. The van der Waals surface area contributed by atoms with Crippen LogP contribution in [0, 0.1) is 21.4 Å². The van der Waals surface area contributed by atoms with Crippen molar-refractivity contribution in [3.8, 4) is 6.07 Å². The molecule has 0 aromatic heterocycles. The van der Waals surface area contributed by atoms with Gasteiger partial charge >= 0.3 is 5.97 Å². The molecule has 1 aromatic rings. The minimum Gasteiger partial charge on any atom is -0.449 e. The average Bonchev–Trinajstić information content (AvgIpc) is 2.44. The van der Waals surface area contributed by atoms with Gasteiger partial charge in [-0.25, -0.2) is 4.79 Å². The zero-order valence-corrected chi connectivity index (χ0v) is 11.6. The minimum absolute atomic E-state index is 0.0222. The second-order valence-corrected chi connectivity index (χ2v) is 4.29. The van der Waals surface area contributed by atoms with E-state index in [0.717, 1.165) is 6.07 Å². The lowest BCUT2D eigenvalue weighted by Crippen LogP contribution is -2.39. The van der Waals surface area contributed by atoms with Crippen molar-refractivity contribution in [1.29, 1.82) is 5.26 Å². The molecule has 0 radical (unpaired) electrons. The van der Waals surface area contributed by atoms with Crippen LogP contribution in [0.25, 0.3) is 0 Å². The van der Waals surface area contributed by atoms with E-state index in [1.54, 1.807) is 6.07 Å². The highest BCUT2D eigenvalue weighted by Crippen LogP contribution is 2.25. The highest BCUT2D eigenvalue weighted by atomic mass is 35.5. The first-order chi connectivity index (χ1) is 9.86. The highest BCUT2D eigenvalue weighted by Gasteiger charge is 2.20. The molecule has 0 saturated heterocycles. The van der Waals surface area contributed by atoms with E-state index in [0.29, 0.717) is 0 Å². The van der Waals surface area contributed by atoms with Crippen LogP contribution in [0.2, 0.25) is 5.02 Å². The Bertz CT molecular complexity index is 626. The summed E-state index contributed by atoms with van der Waals surface area (Å²) in [6.07, 6.45) is 0. The van der Waals surface area contributed by atoms with Crippen LogP contribution < -0.4 is 5.32 Å². The van der Waals surface area contributed by atoms with E-state index in [1.807, 2.05) is 0 Å². The summed E-state index contributed by atoms with van der Waals surface area (Å²) in [4.78, 5) is 33.3. The Hall–Kier alpha value is -2.66. The van der Waals surface area contributed by atoms with Crippen LogP contribution in [-0.2, 0) is 9.53 Å². The molecule has 0 spiro atoms. The van der Waals surface area contributed by atoms with Gasteiger partial charge in [0.25, 0.3) is 11.6 Å². The van der Waals surface area contributed by atoms with Crippen molar-refractivity contribution in [2.75, 3.05) is 6.61 Å². The molecule has 0 aliphatic rings. The fourth-order valence-electron chi connectivity index (χ4n) is 1.36. The maximum atomic E-state index is 11.9. The number of halogens is 1. The lowest BCUT2D eigenvalue weighted by Gasteiger charge is -2.12. The smallest absolute Gasteiger partial charge is 0.329 e. The summed E-state index contributed by atoms with van der Waals surface area (Å²) < 4.78 is 4.53. The lowest BCUT2D eigenvalue weighted by atomic mass is 10.1. The molecule has 1 atom stereocenters. The van der Waals surface area contributed by atoms with Crippen molar-refractivity contribution in [1.82, 2.24) is 5.32 Å². The van der Waals surface area contributed by atoms with Gasteiger partial charge in [0.05, 0.1) is 4.92 Å². The Morgan fingerprint density at radius 3 is 2.81 bits per heavy atom. The fourth-order valence-corrected chi connectivity index (χ4v) is 1.55. The maximum absolute atomic E-state index is 11.9. The van der Waals surface area contributed by atoms with Gasteiger partial charge in [-0.3, -0.25) is 14.9 Å². The summed E-state index contributed by atoms with van der Waals surface area (Å²) in [5.74, 6) is -1.48. The van der Waals surface area contributed by atoms with Crippen molar-refractivity contribution >= 4 is 29.2 Å². The van der Waals surface area contributed by atoms with Gasteiger partial charge in [-0.1, -0.05) is 11.6 Å². The van der Waals surface area contributed by atoms with Crippen molar-refractivity contribution in [2.45, 2.75) is 13.0 Å². The largest absolute Gasteiger partial charge is 0.449 e. The first-order valence-electron chi connectivity index (χ1n) is 5.65. The number of hydrogen-bond donors (Lipinski definition) is 1. The molecule has 0 unspecified atom stereocenters. The maximum Gasteiger partial charge on any atom is 0.329 e. The van der Waals surface area contributed by atoms with Crippen molar-refractivity contribution in [2.24, 2.45) is 0 Å². The Kier molecular flexibility index (Phi) is 5.63. The number of esters is 1. The normalized spacial score (nSPS) is 11.1. The number of ether oxygens (including phenoxy) is 1. The SMILES string of the molecule is C[C@H](NC(=O)c1ccc(Cl)c([N+](=O)[O-])c1)C(=O)OCC#N. The predicted molar refractivity (Wildman–Crippen MR) is 71.6 cm³/mol. The van der Waals surface area contributed by atoms with E-state index in [-0.39, 0.29) is 10.6 Å². The summed E-state index contributed by atoms with van der Waals surface area (Å²) in [5, 5.41) is 21.2. The van der Waals surface area contributed by atoms with E-state index < -0.39 is 35.1 Å². The molecule has 1 rings (SSSR count). The van der Waals surface area contributed by atoms with Gasteiger partial charge in [-0.15, -0.1) is 0 Å². The molecule has 0 fully saturated rings. The summed E-state index contributed by atoms with van der Waals surface area (Å²) in [6, 6.07) is 4.13. The standard InChI is InChI=1S/C12H10ClN3O5/c1-7(12(18)21-5-4-14)15-11(17)8-2-3-9(13)10(6-8)16(19)20/h2-3,6-7H,5H2,1H3,(H,15,17)/t7-/m0/s1. The van der Waals surface area contributed by atoms with Gasteiger partial charge < -0.3 is 10.1 Å². The first-order valence-corrected chi connectivity index (χ1v) is 6.03. The third kappa shape index (κ3) is 4.43. The first kappa shape index (κ1) is 16.4. The number of nitriles is 1. The molecule has 1 N–H and O–H groups in total. The molecule has 8 nitrogen and oxygen atoms in total. The molecule has 9 heteroatoms. The van der Waals surface area contributed by atoms with Gasteiger partial charge in [0.2, 0.25) is 0 Å². The molecular formula is C12H10ClN3O5. The third-order valence-corrected chi connectivity index (χ3v) is 2.70. The molecule has 1 amide bonds. The van der Waals surface area contributed by atoms with Gasteiger partial charge in [-0.2, -0.15) is 5.26 Å². The summed E-state index contributed by atoms with van der Waals surface area (Å²) in [6.45, 7) is 0.938. The topological polar surface area (TPSA) is 122 Å². The van der Waals surface area contributed by atoms with Crippen LogP contribution in [0.4, 0.5) is 5.69 Å². The van der Waals surface area contributed by atoms with Crippen LogP contribution in [-0.4, -0.2) is 29.4 Å². The van der Waals surface area contributed by atoms with Crippen molar-refractivity contribution in [3.05, 3.63) is 38.9 Å². The lowest BCUT2D eigenvalue weighted by molar-refractivity contribution is -0.384. The molecule has 21 heavy (non-hydrogen) atoms. The summed E-state index contributed by atoms with van der Waals surface area (Å²) >= 11 is 5.63. The number of hydrogen-bond acceptors (Lipinski definition) is 6. The van der Waals surface area contributed by atoms with E-state index in [1.165, 1.54) is 19.1 Å². The van der Waals surface area contributed by atoms with Crippen molar-refractivity contribution < 1.29 is 19.2 Å². The number of rotatable bonds is 5. The molecule has 0 aliphatic heterocycles. The van der Waals surface area contributed by atoms with Gasteiger partial charge in [-0.05, 0) is 19.1 Å². The van der Waals surface area contributed by atoms with E-state index in [9.17, 15) is 19.7 Å². The summed E-state index contributed by atoms with van der Waals surface area (Å²) in [5.41, 5.74) is -0.435. The molecule has 0 bridgehead atoms. The number of carbonyl (C=O) groups excluding carboxylic acids is 2. The fraction of sp³-hybridized carbons (Fsp3) is 0.250. The molecule has 1 aromatic carbocycles. The number of amides is 1. The van der Waals surface area contributed by atoms with E-state index in [2.05, 4.69) is 10.1 Å². The van der Waals surface area contributed by atoms with Gasteiger partial charge in [0, 0.05) is 11.6 Å². The van der Waals surface area contributed by atoms with Crippen LogP contribution >= 0.6 is 11.6 Å². The average molecular weight is 312 g/mol. The number of carbonyl (C=O) groups is 2. The molecular weight excluding hydrogens is 302 g/mol. The van der Waals surface area contributed by atoms with Crippen molar-refractivity contribution in [3.63, 3.8) is 0 Å². The van der Waals surface area contributed by atoms with Crippen LogP contribution in [0.3, 0.4) is 0 Å². The van der Waals surface area contributed by atoms with E-state index in [4.69, 9.17) is 16.9 Å². The molecule has 0 saturated carbocycles. The third-order valence-electron chi connectivity index (χ3n) is 2.39. The zero-order valence-electron chi connectivity index (χ0n) is 10.8. The Balaban J connectivity index is 2.81. The number of nitro groups is 1. The molecule has 0 heterocycles. The van der Waals surface area contributed by atoms with Crippen LogP contribution in [0.15, 0.2) is 18.2 Å². The Labute approximate surface area is 124 Å². The molecule has 0 aliphatic carbocycles. The van der Waals surface area contributed by atoms with Crippen LogP contribution in [0.1, 0.15) is 17.3 Å². The monoisotopic (exact) mass is 311 g/mol. The number of benzene rings is 1. The zero-order chi connectivity index (χ0) is 16.0. The summed E-state index contributed by atoms with van der Waals surface area (Å²) in [7, 11) is 0. The van der Waals surface area contributed by atoms with E-state index >= 15 is 0 Å². The van der Waals surface area contributed by atoms with Gasteiger partial charge in [0.15, 0.2) is 6.61 Å². The van der Waals surface area contributed by atoms with Gasteiger partial charge in [0.1, 0.15) is 17.1 Å². The Morgan fingerprint density at radius 2 is 2.24 bits per heavy atom. The second-order valence-electron chi connectivity index (χ2n) is 3.88. The second kappa shape index (κ2) is 7.21. The quantitative estimate of drug-likeness (QED) is 0.498. The number of nitrogens with one attached hydrogen (secondary N) is 1.